The molecule has 0 spiro atoms. The Morgan fingerprint density at radius 3 is 1.84 bits per heavy atom. The minimum absolute atomic E-state index is 0. The number of hydrogen-bond donors (Lipinski definition) is 6. The second-order valence-electron chi connectivity index (χ2n) is 5.50. The third kappa shape index (κ3) is 8.90. The number of hydrogen-bond acceptors (Lipinski definition) is 8. The average Bonchev–Trinajstić information content (AvgIpc) is 3.30. The third-order valence-corrected chi connectivity index (χ3v) is 3.66. The highest BCUT2D eigenvalue weighted by Gasteiger charge is 2.10. The van der Waals surface area contributed by atoms with Crippen LogP contribution in [-0.4, -0.2) is 47.5 Å². The number of nitrogens with zero attached hydrogens (tertiary/aromatic N) is 4. The number of H-pyrrole nitrogens is 2. The maximum absolute atomic E-state index is 12.7. The van der Waals surface area contributed by atoms with Crippen LogP contribution in [0.1, 0.15) is 7.43 Å². The minimum atomic E-state index is -1.63. The monoisotopic (exact) mass is 496 g/mol. The van der Waals surface area contributed by atoms with E-state index in [-0.39, 0.29) is 12.9 Å². The van der Waals surface area contributed by atoms with E-state index in [0.29, 0.717) is 22.9 Å². The maximum atomic E-state index is 12.7. The first-order valence-electron chi connectivity index (χ1n) is 8.11. The summed E-state index contributed by atoms with van der Waals surface area (Å²) in [5, 5.41) is 29.7. The minimum Gasteiger partial charge on any atom is -0.423 e. The number of aromatic nitrogens is 6. The third-order valence-electron chi connectivity index (χ3n) is 3.25. The van der Waals surface area contributed by atoms with Crippen molar-refractivity contribution >= 4 is 40.1 Å². The Labute approximate surface area is 185 Å². The SMILES string of the molecule is C.Nc1cc(-c2ccnc(F)c2)[nH]n1.Nc1cc(Br)[nH]n1.OB(O)c1ccnc(F)c1. The zero-order valence-corrected chi connectivity index (χ0v) is 16.8. The lowest BCUT2D eigenvalue weighted by atomic mass is 9.81. The van der Waals surface area contributed by atoms with Gasteiger partial charge in [0.2, 0.25) is 11.9 Å². The number of nitrogens with two attached hydrogens (primary N) is 2. The zero-order valence-electron chi connectivity index (χ0n) is 15.2. The quantitative estimate of drug-likeness (QED) is 0.178. The molecule has 0 aliphatic carbocycles. The summed E-state index contributed by atoms with van der Waals surface area (Å²) < 4.78 is 25.7. The molecule has 0 radical (unpaired) electrons. The van der Waals surface area contributed by atoms with Crippen molar-refractivity contribution in [2.24, 2.45) is 0 Å². The molecule has 0 amide bonds. The molecule has 31 heavy (non-hydrogen) atoms. The molecule has 4 aromatic heterocycles. The molecule has 164 valence electrons. The van der Waals surface area contributed by atoms with Crippen molar-refractivity contribution in [3.8, 4) is 11.3 Å². The number of anilines is 2. The van der Waals surface area contributed by atoms with E-state index in [9.17, 15) is 8.78 Å². The standard InChI is InChI=1S/C8H7FN4.C5H5BFNO2.C3H4BrN3.CH4/c9-7-3-5(1-2-11-7)6-4-8(10)13-12-6;7-5-3-4(6(9)10)1-2-8-5;4-2-1-3(5)7-6-2;/h1-4H,(H3,10,12,13);1-3,9-10H;1H,(H3,5,6,7);1H4. The molecular weight excluding hydrogens is 477 g/mol. The molecule has 4 heterocycles. The van der Waals surface area contributed by atoms with Gasteiger partial charge in [-0.1, -0.05) is 7.43 Å². The summed E-state index contributed by atoms with van der Waals surface area (Å²) >= 11 is 3.13. The van der Waals surface area contributed by atoms with Crippen LogP contribution in [-0.2, 0) is 0 Å². The van der Waals surface area contributed by atoms with Gasteiger partial charge in [-0.3, -0.25) is 10.2 Å². The summed E-state index contributed by atoms with van der Waals surface area (Å²) in [6, 6.07) is 8.61. The van der Waals surface area contributed by atoms with E-state index in [2.05, 4.69) is 46.3 Å². The Bertz CT molecular complexity index is 1060. The van der Waals surface area contributed by atoms with Gasteiger partial charge in [0.25, 0.3) is 0 Å². The summed E-state index contributed by atoms with van der Waals surface area (Å²) in [4.78, 5) is 6.67. The molecular formula is C17H20BBrF2N8O2. The van der Waals surface area contributed by atoms with E-state index in [1.54, 1.807) is 18.2 Å². The molecule has 0 saturated heterocycles. The van der Waals surface area contributed by atoms with Gasteiger partial charge in [0.1, 0.15) is 16.2 Å². The first-order valence-corrected chi connectivity index (χ1v) is 8.90. The molecule has 0 aliphatic rings. The average molecular weight is 497 g/mol. The van der Waals surface area contributed by atoms with Gasteiger partial charge in [0.15, 0.2) is 0 Å². The number of pyridine rings is 2. The summed E-state index contributed by atoms with van der Waals surface area (Å²) in [5.74, 6) is -0.352. The second-order valence-corrected chi connectivity index (χ2v) is 6.35. The zero-order chi connectivity index (χ0) is 22.1. The fourth-order valence-corrected chi connectivity index (χ4v) is 2.27. The number of aromatic amines is 2. The van der Waals surface area contributed by atoms with Crippen LogP contribution in [0.5, 0.6) is 0 Å². The van der Waals surface area contributed by atoms with E-state index in [0.717, 1.165) is 10.7 Å². The van der Waals surface area contributed by atoms with Gasteiger partial charge in [-0.25, -0.2) is 9.97 Å². The van der Waals surface area contributed by atoms with E-state index >= 15 is 0 Å². The molecule has 4 aromatic rings. The van der Waals surface area contributed by atoms with Gasteiger partial charge < -0.3 is 21.5 Å². The molecule has 14 heteroatoms. The molecule has 4 rings (SSSR count). The van der Waals surface area contributed by atoms with E-state index in [4.69, 9.17) is 21.5 Å². The lowest BCUT2D eigenvalue weighted by molar-refractivity contribution is 0.425. The van der Waals surface area contributed by atoms with Crippen molar-refractivity contribution in [1.82, 2.24) is 30.4 Å². The van der Waals surface area contributed by atoms with E-state index in [1.807, 2.05) is 0 Å². The van der Waals surface area contributed by atoms with Gasteiger partial charge >= 0.3 is 7.12 Å². The predicted octanol–water partition coefficient (Wildman–Crippen LogP) is 1.48. The summed E-state index contributed by atoms with van der Waals surface area (Å²) in [6.45, 7) is 0. The van der Waals surface area contributed by atoms with Crippen LogP contribution < -0.4 is 16.9 Å². The van der Waals surface area contributed by atoms with Gasteiger partial charge in [0, 0.05) is 36.2 Å². The lowest BCUT2D eigenvalue weighted by Crippen LogP contribution is -2.30. The number of nitrogen functional groups attached to an aromatic ring is 2. The molecule has 0 bridgehead atoms. The van der Waals surface area contributed by atoms with Crippen LogP contribution in [0.15, 0.2) is 53.4 Å². The van der Waals surface area contributed by atoms with Crippen molar-refractivity contribution in [2.75, 3.05) is 11.5 Å². The fourth-order valence-electron chi connectivity index (χ4n) is 1.95. The van der Waals surface area contributed by atoms with Crippen molar-refractivity contribution in [3.63, 3.8) is 0 Å². The molecule has 8 N–H and O–H groups in total. The van der Waals surface area contributed by atoms with Crippen LogP contribution in [0.3, 0.4) is 0 Å². The highest BCUT2D eigenvalue weighted by Crippen LogP contribution is 2.17. The van der Waals surface area contributed by atoms with Crippen molar-refractivity contribution in [3.05, 3.63) is 65.3 Å². The smallest absolute Gasteiger partial charge is 0.423 e. The maximum Gasteiger partial charge on any atom is 0.488 e. The van der Waals surface area contributed by atoms with Crippen LogP contribution in [0.2, 0.25) is 0 Å². The highest BCUT2D eigenvalue weighted by atomic mass is 79.9. The first kappa shape index (κ1) is 25.7. The molecule has 0 saturated carbocycles. The molecule has 0 atom stereocenters. The van der Waals surface area contributed by atoms with Crippen LogP contribution in [0, 0.1) is 11.9 Å². The van der Waals surface area contributed by atoms with Gasteiger partial charge in [-0.05, 0) is 39.6 Å². The van der Waals surface area contributed by atoms with Crippen LogP contribution in [0.25, 0.3) is 11.3 Å². The van der Waals surface area contributed by atoms with Crippen LogP contribution >= 0.6 is 15.9 Å². The molecule has 0 aromatic carbocycles. The normalized spacial score (nSPS) is 9.45. The van der Waals surface area contributed by atoms with Gasteiger partial charge in [0.05, 0.1) is 5.69 Å². The Hall–Kier alpha value is -3.36. The van der Waals surface area contributed by atoms with Crippen molar-refractivity contribution in [2.45, 2.75) is 7.43 Å². The second kappa shape index (κ2) is 12.4. The van der Waals surface area contributed by atoms with E-state index in [1.165, 1.54) is 24.5 Å². The predicted molar refractivity (Wildman–Crippen MR) is 118 cm³/mol. The molecule has 0 unspecified atom stereocenters. The largest absolute Gasteiger partial charge is 0.488 e. The fraction of sp³-hybridized carbons (Fsp3) is 0.0588. The summed E-state index contributed by atoms with van der Waals surface area (Å²) in [7, 11) is -1.63. The molecule has 0 fully saturated rings. The number of halogens is 3. The lowest BCUT2D eigenvalue weighted by Gasteiger charge is -1.95. The van der Waals surface area contributed by atoms with Gasteiger partial charge in [-0.2, -0.15) is 19.0 Å². The van der Waals surface area contributed by atoms with Gasteiger partial charge in [-0.15, -0.1) is 0 Å². The first-order chi connectivity index (χ1) is 14.2. The van der Waals surface area contributed by atoms with Crippen molar-refractivity contribution in [1.29, 1.82) is 0 Å². The summed E-state index contributed by atoms with van der Waals surface area (Å²) in [5.41, 5.74) is 12.1. The Balaban J connectivity index is 0.000000240. The molecule has 0 aliphatic heterocycles. The molecule has 10 nitrogen and oxygen atoms in total. The van der Waals surface area contributed by atoms with Crippen molar-refractivity contribution < 1.29 is 18.8 Å². The Kier molecular flexibility index (Phi) is 10.2. The van der Waals surface area contributed by atoms with E-state index < -0.39 is 19.0 Å². The number of nitrogens with one attached hydrogen (secondary N) is 2. The highest BCUT2D eigenvalue weighted by molar-refractivity contribution is 9.10. The Morgan fingerprint density at radius 1 is 0.871 bits per heavy atom. The topological polar surface area (TPSA) is 176 Å². The summed E-state index contributed by atoms with van der Waals surface area (Å²) in [6.07, 6.45) is 2.56. The number of rotatable bonds is 2. The Morgan fingerprint density at radius 2 is 1.45 bits per heavy atom. The van der Waals surface area contributed by atoms with Crippen LogP contribution in [0.4, 0.5) is 20.4 Å².